The molecule has 0 amide bonds. The molecule has 2 rings (SSSR count). The Morgan fingerprint density at radius 2 is 1.67 bits per heavy atom. The lowest BCUT2D eigenvalue weighted by atomic mass is 10.1. The number of para-hydroxylation sites is 1. The molecule has 0 fully saturated rings. The molecule has 2 aromatic rings. The molecule has 0 aliphatic carbocycles. The molecule has 0 aliphatic heterocycles. The zero-order valence-electron chi connectivity index (χ0n) is 12.2. The minimum absolute atomic E-state index is 0.908. The van der Waals surface area contributed by atoms with Crippen LogP contribution in [0.5, 0.6) is 0 Å². The van der Waals surface area contributed by atoms with E-state index in [2.05, 4.69) is 19.6 Å². The van der Waals surface area contributed by atoms with Gasteiger partial charge in [0.2, 0.25) is 0 Å². The molecule has 98 valence electrons. The zero-order chi connectivity index (χ0) is 14.0. The second-order valence-electron chi connectivity index (χ2n) is 3.18. The van der Waals surface area contributed by atoms with Crippen LogP contribution in [0.25, 0.3) is 17.0 Å². The molecule has 0 saturated carbocycles. The second kappa shape index (κ2) is 9.29. The maximum atomic E-state index is 5.67. The van der Waals surface area contributed by atoms with Crippen LogP contribution < -0.4 is 0 Å². The lowest BCUT2D eigenvalue weighted by Gasteiger charge is -1.86. The summed E-state index contributed by atoms with van der Waals surface area (Å²) < 4.78 is 5.67. The summed E-state index contributed by atoms with van der Waals surface area (Å²) in [7, 11) is 0. The van der Waals surface area contributed by atoms with E-state index in [0.29, 0.717) is 0 Å². The second-order valence-corrected chi connectivity index (χ2v) is 3.18. The number of rotatable bonds is 2. The fourth-order valence-electron chi connectivity index (χ4n) is 1.51. The van der Waals surface area contributed by atoms with Gasteiger partial charge in [0.1, 0.15) is 11.3 Å². The molecule has 0 bridgehead atoms. The first-order valence-electron chi connectivity index (χ1n) is 6.60. The van der Waals surface area contributed by atoms with Crippen LogP contribution in [-0.4, -0.2) is 0 Å². The van der Waals surface area contributed by atoms with Crippen LogP contribution in [0.15, 0.2) is 47.4 Å². The van der Waals surface area contributed by atoms with Crippen LogP contribution in [0, 0.1) is 6.92 Å². The predicted molar refractivity (Wildman–Crippen MR) is 82.9 cm³/mol. The van der Waals surface area contributed by atoms with E-state index in [9.17, 15) is 0 Å². The van der Waals surface area contributed by atoms with Crippen LogP contribution in [0.2, 0.25) is 0 Å². The van der Waals surface area contributed by atoms with Crippen molar-refractivity contribution in [2.45, 2.75) is 34.6 Å². The Morgan fingerprint density at radius 1 is 1.06 bits per heavy atom. The van der Waals surface area contributed by atoms with E-state index in [-0.39, 0.29) is 0 Å². The molecular weight excluding hydrogens is 220 g/mol. The fourth-order valence-corrected chi connectivity index (χ4v) is 1.51. The van der Waals surface area contributed by atoms with Gasteiger partial charge in [-0.05, 0) is 19.1 Å². The molecule has 1 nitrogen and oxygen atoms in total. The predicted octanol–water partition coefficient (Wildman–Crippen LogP) is 5.99. The van der Waals surface area contributed by atoms with Gasteiger partial charge in [0.15, 0.2) is 0 Å². The SMILES string of the molecule is C=C/C=C\c1oc2ccccc2c1C.CC.CC. The molecule has 0 saturated heterocycles. The molecule has 1 aromatic heterocycles. The molecule has 0 N–H and O–H groups in total. The van der Waals surface area contributed by atoms with Gasteiger partial charge in [0.25, 0.3) is 0 Å². The van der Waals surface area contributed by atoms with E-state index in [1.165, 1.54) is 10.9 Å². The lowest BCUT2D eigenvalue weighted by molar-refractivity contribution is 0.601. The van der Waals surface area contributed by atoms with Gasteiger partial charge in [0.05, 0.1) is 0 Å². The molecule has 1 heterocycles. The summed E-state index contributed by atoms with van der Waals surface area (Å²) in [5.74, 6) is 0.908. The van der Waals surface area contributed by atoms with Crippen molar-refractivity contribution in [2.75, 3.05) is 0 Å². The van der Waals surface area contributed by atoms with Crippen molar-refractivity contribution in [2.24, 2.45) is 0 Å². The summed E-state index contributed by atoms with van der Waals surface area (Å²) in [6.45, 7) is 13.7. The number of benzene rings is 1. The van der Waals surface area contributed by atoms with Crippen LogP contribution in [0.4, 0.5) is 0 Å². The number of allylic oxidation sites excluding steroid dienone is 2. The average Bonchev–Trinajstić information content (AvgIpc) is 2.78. The van der Waals surface area contributed by atoms with Crippen molar-refractivity contribution < 1.29 is 4.42 Å². The molecular formula is C17H24O. The maximum Gasteiger partial charge on any atom is 0.135 e. The van der Waals surface area contributed by atoms with Gasteiger partial charge >= 0.3 is 0 Å². The van der Waals surface area contributed by atoms with Gasteiger partial charge in [-0.15, -0.1) is 0 Å². The lowest BCUT2D eigenvalue weighted by Crippen LogP contribution is -1.70. The number of furan rings is 1. The van der Waals surface area contributed by atoms with Crippen molar-refractivity contribution in [1.82, 2.24) is 0 Å². The molecule has 0 aliphatic rings. The standard InChI is InChI=1S/C13H12O.2C2H6/c1-3-4-8-12-10(2)11-7-5-6-9-13(11)14-12;2*1-2/h3-9H,1H2,2H3;2*1-2H3/b8-4-;;. The Balaban J connectivity index is 0.000000659. The van der Waals surface area contributed by atoms with Gasteiger partial charge in [-0.3, -0.25) is 0 Å². The van der Waals surface area contributed by atoms with Gasteiger partial charge in [-0.1, -0.05) is 64.6 Å². The van der Waals surface area contributed by atoms with Crippen LogP contribution in [0.3, 0.4) is 0 Å². The average molecular weight is 244 g/mol. The number of hydrogen-bond acceptors (Lipinski definition) is 1. The van der Waals surface area contributed by atoms with Gasteiger partial charge in [-0.2, -0.15) is 0 Å². The van der Waals surface area contributed by atoms with E-state index in [1.807, 2.05) is 58.0 Å². The van der Waals surface area contributed by atoms with Crippen molar-refractivity contribution in [3.05, 3.63) is 54.3 Å². The third-order valence-electron chi connectivity index (χ3n) is 2.26. The first-order chi connectivity index (χ1) is 8.83. The highest BCUT2D eigenvalue weighted by Gasteiger charge is 2.05. The molecule has 0 radical (unpaired) electrons. The number of aryl methyl sites for hydroxylation is 1. The molecule has 0 atom stereocenters. The Kier molecular flexibility index (Phi) is 8.38. The smallest absolute Gasteiger partial charge is 0.135 e. The van der Waals surface area contributed by atoms with E-state index in [0.717, 1.165) is 11.3 Å². The Morgan fingerprint density at radius 3 is 2.22 bits per heavy atom. The summed E-state index contributed by atoms with van der Waals surface area (Å²) in [5.41, 5.74) is 2.12. The quantitative estimate of drug-likeness (QED) is 0.591. The number of fused-ring (bicyclic) bond motifs is 1. The van der Waals surface area contributed by atoms with E-state index < -0.39 is 0 Å². The highest BCUT2D eigenvalue weighted by molar-refractivity contribution is 5.84. The van der Waals surface area contributed by atoms with Crippen LogP contribution >= 0.6 is 0 Å². The monoisotopic (exact) mass is 244 g/mol. The van der Waals surface area contributed by atoms with Crippen molar-refractivity contribution in [3.63, 3.8) is 0 Å². The summed E-state index contributed by atoms with van der Waals surface area (Å²) in [5, 5.41) is 1.18. The third kappa shape index (κ3) is 3.92. The van der Waals surface area contributed by atoms with E-state index in [4.69, 9.17) is 4.42 Å². The van der Waals surface area contributed by atoms with Gasteiger partial charge < -0.3 is 4.42 Å². The highest BCUT2D eigenvalue weighted by Crippen LogP contribution is 2.25. The normalized spacial score (nSPS) is 9.39. The fraction of sp³-hybridized carbons (Fsp3) is 0.294. The molecule has 0 unspecified atom stereocenters. The van der Waals surface area contributed by atoms with Gasteiger partial charge in [-0.25, -0.2) is 0 Å². The first kappa shape index (κ1) is 16.2. The molecule has 0 spiro atoms. The van der Waals surface area contributed by atoms with Gasteiger partial charge in [0, 0.05) is 10.9 Å². The highest BCUT2D eigenvalue weighted by atomic mass is 16.3. The molecule has 1 aromatic carbocycles. The Hall–Kier alpha value is -1.76. The number of hydrogen-bond donors (Lipinski definition) is 0. The third-order valence-corrected chi connectivity index (χ3v) is 2.26. The Labute approximate surface area is 111 Å². The summed E-state index contributed by atoms with van der Waals surface area (Å²) in [4.78, 5) is 0. The van der Waals surface area contributed by atoms with E-state index >= 15 is 0 Å². The minimum atomic E-state index is 0.908. The molecule has 18 heavy (non-hydrogen) atoms. The first-order valence-corrected chi connectivity index (χ1v) is 6.60. The topological polar surface area (TPSA) is 13.1 Å². The van der Waals surface area contributed by atoms with Crippen molar-refractivity contribution >= 4 is 17.0 Å². The van der Waals surface area contributed by atoms with Crippen molar-refractivity contribution in [1.29, 1.82) is 0 Å². The molecule has 1 heteroatoms. The Bertz CT molecular complexity index is 489. The van der Waals surface area contributed by atoms with E-state index in [1.54, 1.807) is 6.08 Å². The maximum absolute atomic E-state index is 5.67. The largest absolute Gasteiger partial charge is 0.456 e. The van der Waals surface area contributed by atoms with Crippen molar-refractivity contribution in [3.8, 4) is 0 Å². The minimum Gasteiger partial charge on any atom is -0.456 e. The zero-order valence-corrected chi connectivity index (χ0v) is 12.2. The summed E-state index contributed by atoms with van der Waals surface area (Å²) >= 11 is 0. The van der Waals surface area contributed by atoms with Crippen LogP contribution in [0.1, 0.15) is 39.0 Å². The summed E-state index contributed by atoms with van der Waals surface area (Å²) in [6.07, 6.45) is 5.56. The van der Waals surface area contributed by atoms with Crippen LogP contribution in [-0.2, 0) is 0 Å². The summed E-state index contributed by atoms with van der Waals surface area (Å²) in [6, 6.07) is 8.05.